The van der Waals surface area contributed by atoms with E-state index in [2.05, 4.69) is 25.3 Å². The number of carbonyl (C=O) groups excluding carboxylic acids is 2. The minimum atomic E-state index is -0.325. The van der Waals surface area contributed by atoms with Gasteiger partial charge in [-0.05, 0) is 46.9 Å². The summed E-state index contributed by atoms with van der Waals surface area (Å²) in [4.78, 5) is 25.2. The number of hydrogen-bond donors (Lipinski definition) is 4. The number of rotatable bonds is 15. The Labute approximate surface area is 260 Å². The number of carbonyl (C=O) groups is 2. The Bertz CT molecular complexity index is 1100. The molecule has 2 N–H and O–H groups in total. The van der Waals surface area contributed by atoms with Gasteiger partial charge in [-0.2, -0.15) is 0 Å². The van der Waals surface area contributed by atoms with Crippen molar-refractivity contribution in [3.05, 3.63) is 46.5 Å². The highest BCUT2D eigenvalue weighted by molar-refractivity contribution is 7.80. The molecule has 0 aliphatic heterocycles. The molecule has 0 spiro atoms. The third kappa shape index (κ3) is 12.1. The van der Waals surface area contributed by atoms with E-state index >= 15 is 0 Å². The van der Waals surface area contributed by atoms with E-state index in [0.717, 1.165) is 22.3 Å². The highest BCUT2D eigenvalue weighted by Gasteiger charge is 2.22. The summed E-state index contributed by atoms with van der Waals surface area (Å²) >= 11 is 8.70. The van der Waals surface area contributed by atoms with Gasteiger partial charge in [0, 0.05) is 33.8 Å². The Hall–Kier alpha value is -2.40. The maximum Gasteiger partial charge on any atom is 0.306 e. The van der Waals surface area contributed by atoms with Gasteiger partial charge in [0.05, 0.1) is 26.4 Å². The number of thiol groups is 2. The van der Waals surface area contributed by atoms with Crippen LogP contribution in [0.2, 0.25) is 0 Å². The van der Waals surface area contributed by atoms with Crippen molar-refractivity contribution in [2.45, 2.75) is 87.8 Å². The number of esters is 2. The lowest BCUT2D eigenvalue weighted by atomic mass is 9.85. The molecule has 0 amide bonds. The van der Waals surface area contributed by atoms with Crippen LogP contribution < -0.4 is 0 Å². The van der Waals surface area contributed by atoms with Crippen LogP contribution in [0, 0.1) is 0 Å². The lowest BCUT2D eigenvalue weighted by molar-refractivity contribution is -0.146. The van der Waals surface area contributed by atoms with Crippen molar-refractivity contribution < 1.29 is 38.7 Å². The molecule has 0 aliphatic carbocycles. The van der Waals surface area contributed by atoms with Gasteiger partial charge >= 0.3 is 11.9 Å². The molecule has 0 saturated carbocycles. The number of aryl methyl sites for hydroxylation is 2. The van der Waals surface area contributed by atoms with Crippen molar-refractivity contribution in [1.29, 1.82) is 0 Å². The first-order chi connectivity index (χ1) is 19.6. The molecule has 234 valence electrons. The molecular weight excluding hydrogens is 576 g/mol. The molecule has 8 nitrogen and oxygen atoms in total. The molecule has 2 aromatic rings. The molecule has 0 atom stereocenters. The topological polar surface area (TPSA) is 112 Å². The van der Waals surface area contributed by atoms with E-state index in [-0.39, 0.29) is 73.5 Å². The second-order valence-corrected chi connectivity index (χ2v) is 13.2. The van der Waals surface area contributed by atoms with E-state index in [1.165, 1.54) is 0 Å². The number of benzene rings is 2. The number of aromatic hydroxyl groups is 2. The van der Waals surface area contributed by atoms with Crippen molar-refractivity contribution in [2.24, 2.45) is 0 Å². The van der Waals surface area contributed by atoms with Crippen molar-refractivity contribution in [3.63, 3.8) is 0 Å². The largest absolute Gasteiger partial charge is 0.506 e. The zero-order valence-electron chi connectivity index (χ0n) is 25.6. The summed E-state index contributed by atoms with van der Waals surface area (Å²) in [7, 11) is 0. The molecule has 0 aromatic heterocycles. The van der Waals surface area contributed by atoms with E-state index in [0.29, 0.717) is 35.8 Å². The maximum atomic E-state index is 12.1. The molecule has 0 heterocycles. The van der Waals surface area contributed by atoms with Gasteiger partial charge in [-0.25, -0.2) is 0 Å². The zero-order valence-corrected chi connectivity index (χ0v) is 27.4. The van der Waals surface area contributed by atoms with Gasteiger partial charge in [-0.15, -0.1) is 25.3 Å². The van der Waals surface area contributed by atoms with Gasteiger partial charge < -0.3 is 29.2 Å². The third-order valence-electron chi connectivity index (χ3n) is 6.50. The van der Waals surface area contributed by atoms with Crippen molar-refractivity contribution in [3.8, 4) is 11.5 Å². The number of phenols is 2. The van der Waals surface area contributed by atoms with Crippen molar-refractivity contribution in [1.82, 2.24) is 0 Å². The Morgan fingerprint density at radius 2 is 0.952 bits per heavy atom. The minimum Gasteiger partial charge on any atom is -0.506 e. The second-order valence-electron chi connectivity index (χ2n) is 12.2. The standard InChI is InChI=1S/C32H46O8S2/c1-31(2,3)23-17-21(19-25(41)29(23)35)7-9-27(33)39-15-13-37-11-12-38-14-16-40-28(34)10-8-22-18-24(32(4,5)6)30(36)26(42)20-22/h17-20,35-36,41-42H,7-16H2,1-6H3. The minimum absolute atomic E-state index is 0.143. The van der Waals surface area contributed by atoms with E-state index in [1.807, 2.05) is 53.7 Å². The summed E-state index contributed by atoms with van der Waals surface area (Å²) < 4.78 is 21.3. The lowest BCUT2D eigenvalue weighted by Gasteiger charge is -2.22. The van der Waals surface area contributed by atoms with Gasteiger partial charge in [-0.3, -0.25) is 9.59 Å². The van der Waals surface area contributed by atoms with Crippen LogP contribution in [-0.2, 0) is 52.2 Å². The van der Waals surface area contributed by atoms with Gasteiger partial charge in [0.15, 0.2) is 0 Å². The first-order valence-corrected chi connectivity index (χ1v) is 15.1. The van der Waals surface area contributed by atoms with Gasteiger partial charge in [0.25, 0.3) is 0 Å². The summed E-state index contributed by atoms with van der Waals surface area (Å²) in [6.07, 6.45) is 1.40. The average molecular weight is 623 g/mol. The number of hydrogen-bond acceptors (Lipinski definition) is 10. The second kappa shape index (κ2) is 16.4. The van der Waals surface area contributed by atoms with E-state index in [1.54, 1.807) is 12.1 Å². The van der Waals surface area contributed by atoms with Crippen LogP contribution in [0.15, 0.2) is 34.1 Å². The molecular formula is C32H46O8S2. The normalized spacial score (nSPS) is 11.9. The Balaban J connectivity index is 1.53. The first kappa shape index (κ1) is 35.8. The molecule has 2 aromatic carbocycles. The number of phenolic OH excluding ortho intramolecular Hbond substituents is 2. The molecule has 0 fully saturated rings. The first-order valence-electron chi connectivity index (χ1n) is 14.2. The summed E-state index contributed by atoms with van der Waals surface area (Å²) in [5.74, 6) is -0.310. The fourth-order valence-electron chi connectivity index (χ4n) is 4.17. The Morgan fingerprint density at radius 3 is 1.29 bits per heavy atom. The predicted octanol–water partition coefficient (Wildman–Crippen LogP) is 5.96. The molecule has 10 heteroatoms. The molecule has 0 bridgehead atoms. The number of ether oxygens (including phenoxy) is 4. The smallest absolute Gasteiger partial charge is 0.306 e. The maximum absolute atomic E-state index is 12.1. The van der Waals surface area contributed by atoms with E-state index in [9.17, 15) is 19.8 Å². The van der Waals surface area contributed by atoms with Crippen LogP contribution in [0.25, 0.3) is 0 Å². The SMILES string of the molecule is CC(C)(C)c1cc(CCC(=O)OCCOCCOCCOC(=O)CCc2cc(S)c(O)c(C(C)(C)C)c2)cc(S)c1O. The third-order valence-corrected chi connectivity index (χ3v) is 7.19. The van der Waals surface area contributed by atoms with E-state index < -0.39 is 0 Å². The fraction of sp³-hybridized carbons (Fsp3) is 0.562. The summed E-state index contributed by atoms with van der Waals surface area (Å²) in [5, 5.41) is 20.6. The van der Waals surface area contributed by atoms with E-state index in [4.69, 9.17) is 18.9 Å². The molecule has 0 saturated heterocycles. The van der Waals surface area contributed by atoms with Gasteiger partial charge in [0.1, 0.15) is 24.7 Å². The van der Waals surface area contributed by atoms with Crippen LogP contribution in [-0.4, -0.2) is 61.8 Å². The summed E-state index contributed by atoms with van der Waals surface area (Å²) in [5.41, 5.74) is 2.93. The van der Waals surface area contributed by atoms with Crippen molar-refractivity contribution in [2.75, 3.05) is 39.6 Å². The van der Waals surface area contributed by atoms with Crippen LogP contribution in [0.4, 0.5) is 0 Å². The molecule has 0 unspecified atom stereocenters. The van der Waals surface area contributed by atoms with Crippen LogP contribution >= 0.6 is 25.3 Å². The van der Waals surface area contributed by atoms with Gasteiger partial charge in [-0.1, -0.05) is 53.7 Å². The monoisotopic (exact) mass is 622 g/mol. The molecule has 0 aliphatic rings. The Kier molecular flexibility index (Phi) is 14.0. The predicted molar refractivity (Wildman–Crippen MR) is 168 cm³/mol. The van der Waals surface area contributed by atoms with Gasteiger partial charge in [0.2, 0.25) is 0 Å². The fourth-order valence-corrected chi connectivity index (χ4v) is 4.75. The summed E-state index contributed by atoms with van der Waals surface area (Å²) in [6.45, 7) is 13.5. The quantitative estimate of drug-likeness (QED) is 0.110. The van der Waals surface area contributed by atoms with Crippen LogP contribution in [0.3, 0.4) is 0 Å². The zero-order chi connectivity index (χ0) is 31.5. The lowest BCUT2D eigenvalue weighted by Crippen LogP contribution is -2.15. The van der Waals surface area contributed by atoms with Crippen molar-refractivity contribution >= 4 is 37.2 Å². The summed E-state index contributed by atoms with van der Waals surface area (Å²) in [6, 6.07) is 7.35. The van der Waals surface area contributed by atoms with Crippen LogP contribution in [0.5, 0.6) is 11.5 Å². The Morgan fingerprint density at radius 1 is 0.619 bits per heavy atom. The molecule has 0 radical (unpaired) electrons. The highest BCUT2D eigenvalue weighted by Crippen LogP contribution is 2.37. The average Bonchev–Trinajstić information content (AvgIpc) is 2.89. The molecule has 2 rings (SSSR count). The highest BCUT2D eigenvalue weighted by atomic mass is 32.1. The van der Waals surface area contributed by atoms with Crippen LogP contribution in [0.1, 0.15) is 76.6 Å². The molecule has 42 heavy (non-hydrogen) atoms.